The van der Waals surface area contributed by atoms with Crippen molar-refractivity contribution >= 4 is 36.0 Å². The summed E-state index contributed by atoms with van der Waals surface area (Å²) in [6.45, 7) is 6.81. The van der Waals surface area contributed by atoms with E-state index in [1.54, 1.807) is 17.8 Å². The van der Waals surface area contributed by atoms with Crippen LogP contribution in [-0.2, 0) is 4.79 Å². The van der Waals surface area contributed by atoms with Crippen LogP contribution in [0.15, 0.2) is 24.3 Å². The minimum atomic E-state index is -0.499. The average Bonchev–Trinajstić information content (AvgIpc) is 2.63. The summed E-state index contributed by atoms with van der Waals surface area (Å²) in [5.74, 6) is 0.552. The average molecular weight is 414 g/mol. The summed E-state index contributed by atoms with van der Waals surface area (Å²) in [6.07, 6.45) is 4.74. The van der Waals surface area contributed by atoms with E-state index in [0.29, 0.717) is 18.5 Å². The van der Waals surface area contributed by atoms with Crippen LogP contribution < -0.4 is 16.0 Å². The molecule has 152 valence electrons. The minimum absolute atomic E-state index is 0. The third-order valence-corrected chi connectivity index (χ3v) is 5.66. The van der Waals surface area contributed by atoms with E-state index >= 15 is 0 Å². The van der Waals surface area contributed by atoms with E-state index in [2.05, 4.69) is 22.9 Å². The highest BCUT2D eigenvalue weighted by atomic mass is 35.5. The van der Waals surface area contributed by atoms with Crippen LogP contribution in [0.25, 0.3) is 0 Å². The standard InChI is InChI=1S/C20H31N3O2S.ClH/c1-15-5-4-6-16(13-15)18(24)23-17(7-12-26-3)19(25)22-14-20(2)8-10-21-11-9-20;/h4-6,13,17,21H,7-12,14H2,1-3H3,(H,22,25)(H,23,24);1H. The molecule has 0 aromatic heterocycles. The number of halogens is 1. The lowest BCUT2D eigenvalue weighted by atomic mass is 9.81. The van der Waals surface area contributed by atoms with Gasteiger partial charge in [-0.25, -0.2) is 0 Å². The zero-order chi connectivity index (χ0) is 19.0. The van der Waals surface area contributed by atoms with Crippen LogP contribution in [-0.4, -0.2) is 49.5 Å². The van der Waals surface area contributed by atoms with Crippen molar-refractivity contribution in [1.29, 1.82) is 0 Å². The summed E-state index contributed by atoms with van der Waals surface area (Å²) < 4.78 is 0. The van der Waals surface area contributed by atoms with E-state index in [1.807, 2.05) is 31.4 Å². The Hall–Kier alpha value is -1.24. The highest BCUT2D eigenvalue weighted by Crippen LogP contribution is 2.26. The fraction of sp³-hybridized carbons (Fsp3) is 0.600. The molecule has 1 unspecified atom stereocenters. The van der Waals surface area contributed by atoms with Gasteiger partial charge in [0.15, 0.2) is 0 Å². The van der Waals surface area contributed by atoms with Crippen LogP contribution in [0.2, 0.25) is 0 Å². The van der Waals surface area contributed by atoms with Gasteiger partial charge in [-0.1, -0.05) is 24.6 Å². The molecule has 0 aliphatic carbocycles. The van der Waals surface area contributed by atoms with Gasteiger partial charge in [-0.05, 0) is 68.8 Å². The molecule has 1 fully saturated rings. The van der Waals surface area contributed by atoms with E-state index in [-0.39, 0.29) is 29.6 Å². The Bertz CT molecular complexity index is 621. The predicted octanol–water partition coefficient (Wildman–Crippen LogP) is 2.77. The van der Waals surface area contributed by atoms with Gasteiger partial charge in [0.1, 0.15) is 6.04 Å². The molecule has 0 radical (unpaired) electrons. The molecule has 3 N–H and O–H groups in total. The number of amides is 2. The zero-order valence-corrected chi connectivity index (χ0v) is 18.1. The van der Waals surface area contributed by atoms with Crippen molar-refractivity contribution < 1.29 is 9.59 Å². The SMILES string of the molecule is CSCCC(NC(=O)c1cccc(C)c1)C(=O)NCC1(C)CCNCC1.Cl. The number of rotatable bonds is 8. The lowest BCUT2D eigenvalue weighted by Gasteiger charge is -2.34. The van der Waals surface area contributed by atoms with Gasteiger partial charge < -0.3 is 16.0 Å². The number of thioether (sulfide) groups is 1. The molecule has 1 aromatic rings. The largest absolute Gasteiger partial charge is 0.354 e. The van der Waals surface area contributed by atoms with Gasteiger partial charge in [0, 0.05) is 12.1 Å². The number of benzene rings is 1. The number of hydrogen-bond donors (Lipinski definition) is 3. The number of piperidine rings is 1. The van der Waals surface area contributed by atoms with Crippen molar-refractivity contribution in [3.63, 3.8) is 0 Å². The second kappa shape index (κ2) is 11.6. The van der Waals surface area contributed by atoms with Gasteiger partial charge >= 0.3 is 0 Å². The van der Waals surface area contributed by atoms with Gasteiger partial charge in [0.2, 0.25) is 5.91 Å². The van der Waals surface area contributed by atoms with Gasteiger partial charge in [-0.2, -0.15) is 11.8 Å². The van der Waals surface area contributed by atoms with Gasteiger partial charge in [0.05, 0.1) is 0 Å². The molecule has 1 heterocycles. The first kappa shape index (κ1) is 23.8. The number of carbonyl (C=O) groups is 2. The second-order valence-electron chi connectivity index (χ2n) is 7.46. The number of nitrogens with one attached hydrogen (secondary N) is 3. The van der Waals surface area contributed by atoms with Crippen molar-refractivity contribution in [3.8, 4) is 0 Å². The molecular weight excluding hydrogens is 382 g/mol. The topological polar surface area (TPSA) is 70.2 Å². The van der Waals surface area contributed by atoms with E-state index in [4.69, 9.17) is 0 Å². The Morgan fingerprint density at radius 3 is 2.63 bits per heavy atom. The monoisotopic (exact) mass is 413 g/mol. The molecule has 1 aliphatic rings. The molecule has 1 saturated heterocycles. The number of aryl methyl sites for hydroxylation is 1. The number of carbonyl (C=O) groups excluding carboxylic acids is 2. The Morgan fingerprint density at radius 1 is 1.30 bits per heavy atom. The summed E-state index contributed by atoms with van der Waals surface area (Å²) in [7, 11) is 0. The summed E-state index contributed by atoms with van der Waals surface area (Å²) >= 11 is 1.68. The highest BCUT2D eigenvalue weighted by Gasteiger charge is 2.29. The predicted molar refractivity (Wildman–Crippen MR) is 116 cm³/mol. The van der Waals surface area contributed by atoms with Crippen molar-refractivity contribution in [2.45, 2.75) is 39.2 Å². The van der Waals surface area contributed by atoms with E-state index in [9.17, 15) is 9.59 Å². The molecule has 27 heavy (non-hydrogen) atoms. The third kappa shape index (κ3) is 7.72. The van der Waals surface area contributed by atoms with Crippen LogP contribution in [0.1, 0.15) is 42.1 Å². The molecule has 7 heteroatoms. The summed E-state index contributed by atoms with van der Waals surface area (Å²) in [5, 5.41) is 9.35. The van der Waals surface area contributed by atoms with Crippen molar-refractivity contribution in [2.75, 3.05) is 31.6 Å². The maximum absolute atomic E-state index is 12.7. The fourth-order valence-corrected chi connectivity index (χ4v) is 3.63. The molecule has 1 aliphatic heterocycles. The molecule has 2 rings (SSSR count). The van der Waals surface area contributed by atoms with E-state index < -0.39 is 6.04 Å². The molecule has 1 atom stereocenters. The molecule has 0 bridgehead atoms. The molecule has 5 nitrogen and oxygen atoms in total. The van der Waals surface area contributed by atoms with Crippen LogP contribution in [0.3, 0.4) is 0 Å². The van der Waals surface area contributed by atoms with Gasteiger partial charge in [-0.3, -0.25) is 9.59 Å². The Kier molecular flexibility index (Phi) is 10.2. The van der Waals surface area contributed by atoms with Crippen molar-refractivity contribution in [2.24, 2.45) is 5.41 Å². The normalized spacial score (nSPS) is 16.7. The molecule has 0 spiro atoms. The van der Waals surface area contributed by atoms with Crippen molar-refractivity contribution in [3.05, 3.63) is 35.4 Å². The van der Waals surface area contributed by atoms with Gasteiger partial charge in [-0.15, -0.1) is 12.4 Å². The first-order chi connectivity index (χ1) is 12.4. The molecular formula is C20H32ClN3O2S. The molecule has 1 aromatic carbocycles. The number of hydrogen-bond acceptors (Lipinski definition) is 4. The Morgan fingerprint density at radius 2 is 2.00 bits per heavy atom. The van der Waals surface area contributed by atoms with Crippen LogP contribution in [0.5, 0.6) is 0 Å². The van der Waals surface area contributed by atoms with Crippen LogP contribution in [0.4, 0.5) is 0 Å². The lowest BCUT2D eigenvalue weighted by molar-refractivity contribution is -0.123. The fourth-order valence-electron chi connectivity index (χ4n) is 3.16. The summed E-state index contributed by atoms with van der Waals surface area (Å²) in [6, 6.07) is 6.94. The maximum atomic E-state index is 12.7. The summed E-state index contributed by atoms with van der Waals surface area (Å²) in [5.41, 5.74) is 1.75. The van der Waals surface area contributed by atoms with Gasteiger partial charge in [0.25, 0.3) is 5.91 Å². The first-order valence-electron chi connectivity index (χ1n) is 9.28. The maximum Gasteiger partial charge on any atom is 0.251 e. The molecule has 2 amide bonds. The first-order valence-corrected chi connectivity index (χ1v) is 10.7. The molecule has 0 saturated carbocycles. The lowest BCUT2D eigenvalue weighted by Crippen LogP contribution is -2.50. The van der Waals surface area contributed by atoms with Crippen molar-refractivity contribution in [1.82, 2.24) is 16.0 Å². The second-order valence-corrected chi connectivity index (χ2v) is 8.44. The third-order valence-electron chi connectivity index (χ3n) is 5.01. The van der Waals surface area contributed by atoms with E-state index in [0.717, 1.165) is 37.2 Å². The Labute approximate surface area is 173 Å². The van der Waals surface area contributed by atoms with Crippen LogP contribution in [0, 0.1) is 12.3 Å². The quantitative estimate of drug-likeness (QED) is 0.612. The Balaban J connectivity index is 0.00000364. The zero-order valence-electron chi connectivity index (χ0n) is 16.5. The van der Waals surface area contributed by atoms with E-state index in [1.165, 1.54) is 0 Å². The summed E-state index contributed by atoms with van der Waals surface area (Å²) in [4.78, 5) is 25.3. The van der Waals surface area contributed by atoms with Crippen LogP contribution >= 0.6 is 24.2 Å². The minimum Gasteiger partial charge on any atom is -0.354 e. The smallest absolute Gasteiger partial charge is 0.251 e. The highest BCUT2D eigenvalue weighted by molar-refractivity contribution is 7.98.